The highest BCUT2D eigenvalue weighted by atomic mass is 19.1. The number of ether oxygens (including phenoxy) is 1. The fraction of sp³-hybridized carbons (Fsp3) is 0.375. The Kier molecular flexibility index (Phi) is 6.09. The zero-order valence-electron chi connectivity index (χ0n) is 12.6. The van der Waals surface area contributed by atoms with E-state index < -0.39 is 11.8 Å². The Labute approximate surface area is 124 Å². The zero-order valence-corrected chi connectivity index (χ0v) is 12.6. The van der Waals surface area contributed by atoms with Gasteiger partial charge in [0.15, 0.2) is 6.61 Å². The van der Waals surface area contributed by atoms with Gasteiger partial charge >= 0.3 is 5.97 Å². The van der Waals surface area contributed by atoms with Crippen molar-refractivity contribution >= 4 is 11.9 Å². The molecule has 0 saturated carbocycles. The predicted octanol–water partition coefficient (Wildman–Crippen LogP) is 2.72. The van der Waals surface area contributed by atoms with Crippen molar-refractivity contribution in [3.8, 4) is 0 Å². The monoisotopic (exact) mass is 293 g/mol. The van der Waals surface area contributed by atoms with E-state index in [1.165, 1.54) is 17.0 Å². The highest BCUT2D eigenvalue weighted by Gasteiger charge is 2.15. The van der Waals surface area contributed by atoms with Crippen LogP contribution in [0.5, 0.6) is 0 Å². The largest absolute Gasteiger partial charge is 0.452 e. The number of esters is 1. The van der Waals surface area contributed by atoms with Gasteiger partial charge in [0.25, 0.3) is 5.91 Å². The molecule has 0 saturated heterocycles. The summed E-state index contributed by atoms with van der Waals surface area (Å²) >= 11 is 0. The predicted molar refractivity (Wildman–Crippen MR) is 78.5 cm³/mol. The van der Waals surface area contributed by atoms with Crippen LogP contribution >= 0.6 is 0 Å². The van der Waals surface area contributed by atoms with Gasteiger partial charge in [-0.3, -0.25) is 4.79 Å². The molecule has 0 atom stereocenters. The van der Waals surface area contributed by atoms with Gasteiger partial charge in [-0.15, -0.1) is 0 Å². The second kappa shape index (κ2) is 7.57. The number of aryl methyl sites for hydroxylation is 1. The Morgan fingerprint density at radius 3 is 2.57 bits per heavy atom. The van der Waals surface area contributed by atoms with Crippen molar-refractivity contribution in [2.45, 2.75) is 20.8 Å². The minimum Gasteiger partial charge on any atom is -0.452 e. The number of carbonyl (C=O) groups excluding carboxylic acids is 2. The first-order chi connectivity index (χ1) is 9.85. The number of carbonyl (C=O) groups is 2. The normalized spacial score (nSPS) is 10.1. The van der Waals surface area contributed by atoms with Crippen LogP contribution in [0.1, 0.15) is 29.8 Å². The maximum absolute atomic E-state index is 13.4. The lowest BCUT2D eigenvalue weighted by atomic mass is 10.1. The van der Waals surface area contributed by atoms with Gasteiger partial charge in [-0.2, -0.15) is 0 Å². The molecule has 114 valence electrons. The lowest BCUT2D eigenvalue weighted by Gasteiger charge is -2.20. The molecule has 0 aliphatic rings. The van der Waals surface area contributed by atoms with Gasteiger partial charge in [0.05, 0.1) is 5.56 Å². The summed E-state index contributed by atoms with van der Waals surface area (Å²) in [5.74, 6) is -1.50. The van der Waals surface area contributed by atoms with Crippen LogP contribution in [0.3, 0.4) is 0 Å². The van der Waals surface area contributed by atoms with Crippen LogP contribution in [0, 0.1) is 12.7 Å². The fourth-order valence-electron chi connectivity index (χ4n) is 1.72. The molecular weight excluding hydrogens is 273 g/mol. The summed E-state index contributed by atoms with van der Waals surface area (Å²) in [5, 5.41) is 0. The molecule has 0 aliphatic carbocycles. The van der Waals surface area contributed by atoms with Gasteiger partial charge in [0.2, 0.25) is 0 Å². The smallest absolute Gasteiger partial charge is 0.338 e. The van der Waals surface area contributed by atoms with Crippen molar-refractivity contribution in [2.75, 3.05) is 19.7 Å². The molecule has 0 bridgehead atoms. The van der Waals surface area contributed by atoms with Crippen LogP contribution in [0.25, 0.3) is 0 Å². The number of hydrogen-bond donors (Lipinski definition) is 0. The number of amides is 1. The van der Waals surface area contributed by atoms with Crippen molar-refractivity contribution in [3.05, 3.63) is 47.3 Å². The van der Waals surface area contributed by atoms with Crippen molar-refractivity contribution in [1.29, 1.82) is 0 Å². The molecule has 4 nitrogen and oxygen atoms in total. The van der Waals surface area contributed by atoms with E-state index in [1.54, 1.807) is 6.92 Å². The van der Waals surface area contributed by atoms with Crippen molar-refractivity contribution in [1.82, 2.24) is 4.90 Å². The van der Waals surface area contributed by atoms with E-state index in [4.69, 9.17) is 4.74 Å². The maximum Gasteiger partial charge on any atom is 0.338 e. The molecule has 0 aromatic heterocycles. The fourth-order valence-corrected chi connectivity index (χ4v) is 1.72. The lowest BCUT2D eigenvalue weighted by molar-refractivity contribution is -0.133. The lowest BCUT2D eigenvalue weighted by Crippen LogP contribution is -2.35. The highest BCUT2D eigenvalue weighted by Crippen LogP contribution is 2.10. The summed E-state index contributed by atoms with van der Waals surface area (Å²) < 4.78 is 18.3. The first-order valence-corrected chi connectivity index (χ1v) is 6.70. The SMILES string of the molecule is C=C(C)CN(CC)C(=O)COC(=O)c1ccc(C)c(F)c1. The molecule has 0 radical (unpaired) electrons. The molecule has 0 unspecified atom stereocenters. The second-order valence-electron chi connectivity index (χ2n) is 4.91. The molecular formula is C16H20FNO3. The molecule has 0 aliphatic heterocycles. The number of benzene rings is 1. The molecule has 1 aromatic rings. The van der Waals surface area contributed by atoms with Crippen molar-refractivity contribution in [3.63, 3.8) is 0 Å². The van der Waals surface area contributed by atoms with Crippen LogP contribution in [-0.2, 0) is 9.53 Å². The zero-order chi connectivity index (χ0) is 16.0. The van der Waals surface area contributed by atoms with E-state index in [1.807, 2.05) is 13.8 Å². The third-order valence-corrected chi connectivity index (χ3v) is 2.93. The minimum absolute atomic E-state index is 0.0915. The van der Waals surface area contributed by atoms with Gasteiger partial charge < -0.3 is 9.64 Å². The van der Waals surface area contributed by atoms with Crippen LogP contribution in [-0.4, -0.2) is 36.5 Å². The highest BCUT2D eigenvalue weighted by molar-refractivity contribution is 5.91. The third kappa shape index (κ3) is 5.02. The number of hydrogen-bond acceptors (Lipinski definition) is 3. The van der Waals surface area contributed by atoms with E-state index in [2.05, 4.69) is 6.58 Å². The van der Waals surface area contributed by atoms with Gasteiger partial charge in [0.1, 0.15) is 5.82 Å². The third-order valence-electron chi connectivity index (χ3n) is 2.93. The summed E-state index contributed by atoms with van der Waals surface area (Å²) in [5.41, 5.74) is 1.38. The quantitative estimate of drug-likeness (QED) is 0.598. The molecule has 1 rings (SSSR count). The van der Waals surface area contributed by atoms with Crippen LogP contribution in [0.15, 0.2) is 30.4 Å². The van der Waals surface area contributed by atoms with E-state index in [-0.39, 0.29) is 18.1 Å². The molecule has 0 fully saturated rings. The number of nitrogens with zero attached hydrogens (tertiary/aromatic N) is 1. The summed E-state index contributed by atoms with van der Waals surface area (Å²) in [6.45, 7) is 9.55. The minimum atomic E-state index is -0.714. The Morgan fingerprint density at radius 1 is 1.38 bits per heavy atom. The second-order valence-corrected chi connectivity index (χ2v) is 4.91. The Hall–Kier alpha value is -2.17. The number of halogens is 1. The summed E-state index contributed by atoms with van der Waals surface area (Å²) in [6, 6.07) is 4.07. The van der Waals surface area contributed by atoms with Gasteiger partial charge in [-0.25, -0.2) is 9.18 Å². The van der Waals surface area contributed by atoms with Gasteiger partial charge in [-0.1, -0.05) is 18.2 Å². The summed E-state index contributed by atoms with van der Waals surface area (Å²) in [7, 11) is 0. The average molecular weight is 293 g/mol. The van der Waals surface area contributed by atoms with Crippen LogP contribution < -0.4 is 0 Å². The van der Waals surface area contributed by atoms with E-state index in [9.17, 15) is 14.0 Å². The number of likely N-dealkylation sites (N-methyl/N-ethyl adjacent to an activating group) is 1. The van der Waals surface area contributed by atoms with Crippen LogP contribution in [0.2, 0.25) is 0 Å². The summed E-state index contributed by atoms with van der Waals surface area (Å²) in [4.78, 5) is 25.2. The van der Waals surface area contributed by atoms with Crippen molar-refractivity contribution < 1.29 is 18.7 Å². The van der Waals surface area contributed by atoms with Gasteiger partial charge in [-0.05, 0) is 38.5 Å². The first kappa shape index (κ1) is 16.9. The molecule has 0 spiro atoms. The van der Waals surface area contributed by atoms with Crippen LogP contribution in [0.4, 0.5) is 4.39 Å². The Bertz CT molecular complexity index is 554. The van der Waals surface area contributed by atoms with Gasteiger partial charge in [0, 0.05) is 13.1 Å². The molecule has 21 heavy (non-hydrogen) atoms. The summed E-state index contributed by atoms with van der Waals surface area (Å²) in [6.07, 6.45) is 0. The van der Waals surface area contributed by atoms with E-state index in [0.29, 0.717) is 18.7 Å². The maximum atomic E-state index is 13.4. The molecule has 1 aromatic carbocycles. The molecule has 5 heteroatoms. The Balaban J connectivity index is 2.61. The van der Waals surface area contributed by atoms with E-state index >= 15 is 0 Å². The topological polar surface area (TPSA) is 46.6 Å². The molecule has 0 N–H and O–H groups in total. The Morgan fingerprint density at radius 2 is 2.05 bits per heavy atom. The van der Waals surface area contributed by atoms with Crippen molar-refractivity contribution in [2.24, 2.45) is 0 Å². The average Bonchev–Trinajstić information content (AvgIpc) is 2.44. The van der Waals surface area contributed by atoms with E-state index in [0.717, 1.165) is 11.6 Å². The number of rotatable bonds is 6. The molecule has 1 amide bonds. The molecule has 0 heterocycles. The standard InChI is InChI=1S/C16H20FNO3/c1-5-18(9-11(2)3)15(19)10-21-16(20)13-7-6-12(4)14(17)8-13/h6-8H,2,5,9-10H2,1,3-4H3. The first-order valence-electron chi connectivity index (χ1n) is 6.70.